The van der Waals surface area contributed by atoms with Gasteiger partial charge in [0.1, 0.15) is 0 Å². The highest BCUT2D eigenvalue weighted by molar-refractivity contribution is 7.89. The van der Waals surface area contributed by atoms with Crippen molar-refractivity contribution in [2.24, 2.45) is 0 Å². The van der Waals surface area contributed by atoms with Crippen molar-refractivity contribution >= 4 is 15.7 Å². The van der Waals surface area contributed by atoms with E-state index >= 15 is 0 Å². The summed E-state index contributed by atoms with van der Waals surface area (Å²) >= 11 is 0. The first-order chi connectivity index (χ1) is 9.65. The minimum absolute atomic E-state index is 0.274. The third kappa shape index (κ3) is 3.22. The molecule has 0 radical (unpaired) electrons. The molecule has 8 heteroatoms. The van der Waals surface area contributed by atoms with Gasteiger partial charge in [-0.3, -0.25) is 10.1 Å². The summed E-state index contributed by atoms with van der Waals surface area (Å²) in [6, 6.07) is 2.67. The van der Waals surface area contributed by atoms with Gasteiger partial charge in [-0.15, -0.1) is 0 Å². The van der Waals surface area contributed by atoms with Crippen LogP contribution < -0.4 is 10.0 Å². The van der Waals surface area contributed by atoms with Crippen molar-refractivity contribution in [2.45, 2.75) is 37.6 Å². The molecule has 1 saturated heterocycles. The second-order valence-electron chi connectivity index (χ2n) is 5.75. The number of hydrogen-bond acceptors (Lipinski definition) is 5. The lowest BCUT2D eigenvalue weighted by Gasteiger charge is -2.24. The van der Waals surface area contributed by atoms with E-state index in [1.54, 1.807) is 20.8 Å². The van der Waals surface area contributed by atoms with Crippen LogP contribution in [0.3, 0.4) is 0 Å². The summed E-state index contributed by atoms with van der Waals surface area (Å²) in [6.45, 7) is 6.46. The Bertz CT molecular complexity index is 679. The number of sulfonamides is 1. The molecular weight excluding hydrogens is 294 g/mol. The number of nitrogens with zero attached hydrogens (tertiary/aromatic N) is 1. The lowest BCUT2D eigenvalue weighted by atomic mass is 10.0. The average Bonchev–Trinajstić information content (AvgIpc) is 2.77. The first-order valence-electron chi connectivity index (χ1n) is 6.65. The zero-order chi connectivity index (χ0) is 15.8. The van der Waals surface area contributed by atoms with E-state index in [4.69, 9.17) is 0 Å². The third-order valence-corrected chi connectivity index (χ3v) is 5.48. The normalized spacial score (nSPS) is 22.4. The molecule has 0 aliphatic carbocycles. The molecule has 0 aromatic heterocycles. The number of nitro groups is 1. The molecule has 1 heterocycles. The molecule has 0 amide bonds. The zero-order valence-electron chi connectivity index (χ0n) is 12.3. The van der Waals surface area contributed by atoms with E-state index in [-0.39, 0.29) is 10.6 Å². The van der Waals surface area contributed by atoms with Crippen LogP contribution in [-0.4, -0.2) is 32.0 Å². The summed E-state index contributed by atoms with van der Waals surface area (Å²) in [4.78, 5) is 10.2. The zero-order valence-corrected chi connectivity index (χ0v) is 13.1. The average molecular weight is 313 g/mol. The summed E-state index contributed by atoms with van der Waals surface area (Å²) < 4.78 is 27.7. The van der Waals surface area contributed by atoms with E-state index in [9.17, 15) is 18.5 Å². The van der Waals surface area contributed by atoms with E-state index in [1.165, 1.54) is 12.1 Å². The Hall–Kier alpha value is -1.51. The van der Waals surface area contributed by atoms with Crippen molar-refractivity contribution in [1.82, 2.24) is 10.0 Å². The molecule has 1 fully saturated rings. The Balaban J connectivity index is 2.49. The lowest BCUT2D eigenvalue weighted by molar-refractivity contribution is -0.387. The maximum atomic E-state index is 12.5. The number of nitrogens with one attached hydrogen (secondary N) is 2. The van der Waals surface area contributed by atoms with Crippen molar-refractivity contribution in [3.05, 3.63) is 33.4 Å². The summed E-state index contributed by atoms with van der Waals surface area (Å²) in [7, 11) is -3.95. The van der Waals surface area contributed by atoms with Crippen LogP contribution in [0.2, 0.25) is 0 Å². The summed E-state index contributed by atoms with van der Waals surface area (Å²) in [5, 5.41) is 14.2. The van der Waals surface area contributed by atoms with Gasteiger partial charge in [0.2, 0.25) is 10.0 Å². The second-order valence-corrected chi connectivity index (χ2v) is 7.41. The van der Waals surface area contributed by atoms with E-state index in [0.29, 0.717) is 30.6 Å². The molecule has 21 heavy (non-hydrogen) atoms. The van der Waals surface area contributed by atoms with Crippen molar-refractivity contribution in [3.63, 3.8) is 0 Å². The Labute approximate surface area is 123 Å². The molecule has 1 atom stereocenters. The monoisotopic (exact) mass is 313 g/mol. The largest absolute Gasteiger partial charge is 0.315 e. The Kier molecular flexibility index (Phi) is 4.05. The number of hydrogen-bond donors (Lipinski definition) is 2. The highest BCUT2D eigenvalue weighted by atomic mass is 32.2. The van der Waals surface area contributed by atoms with E-state index in [1.807, 2.05) is 0 Å². The Morgan fingerprint density at radius 2 is 1.95 bits per heavy atom. The number of nitro benzene ring substituents is 1. The molecule has 1 aromatic rings. The van der Waals surface area contributed by atoms with Crippen molar-refractivity contribution in [3.8, 4) is 0 Å². The minimum atomic E-state index is -3.95. The van der Waals surface area contributed by atoms with Crippen LogP contribution in [0.25, 0.3) is 0 Å². The van der Waals surface area contributed by atoms with Gasteiger partial charge in [0.15, 0.2) is 4.90 Å². The minimum Gasteiger partial charge on any atom is -0.315 e. The Morgan fingerprint density at radius 1 is 1.33 bits per heavy atom. The van der Waals surface area contributed by atoms with Crippen LogP contribution in [0.1, 0.15) is 24.5 Å². The standard InChI is InChI=1S/C13H19N3O4S/c1-9-6-11(16(17)18)12(7-10(9)2)21(19,20)15-13(3)4-5-14-8-13/h6-7,14-15H,4-5,8H2,1-3H3. The van der Waals surface area contributed by atoms with Crippen LogP contribution in [-0.2, 0) is 10.0 Å². The number of rotatable bonds is 4. The van der Waals surface area contributed by atoms with Gasteiger partial charge in [-0.25, -0.2) is 13.1 Å². The Morgan fingerprint density at radius 3 is 2.48 bits per heavy atom. The van der Waals surface area contributed by atoms with Crippen molar-refractivity contribution in [1.29, 1.82) is 0 Å². The van der Waals surface area contributed by atoms with Gasteiger partial charge in [0, 0.05) is 18.2 Å². The molecule has 1 unspecified atom stereocenters. The van der Waals surface area contributed by atoms with Gasteiger partial charge in [-0.1, -0.05) is 0 Å². The SMILES string of the molecule is Cc1cc([N+](=O)[O-])c(S(=O)(=O)NC2(C)CCNC2)cc1C. The quantitative estimate of drug-likeness (QED) is 0.643. The number of aryl methyl sites for hydroxylation is 2. The van der Waals surface area contributed by atoms with Crippen molar-refractivity contribution in [2.75, 3.05) is 13.1 Å². The van der Waals surface area contributed by atoms with Crippen LogP contribution in [0.5, 0.6) is 0 Å². The molecule has 0 saturated carbocycles. The van der Waals surface area contributed by atoms with Crippen LogP contribution in [0.15, 0.2) is 17.0 Å². The first kappa shape index (κ1) is 15.9. The van der Waals surface area contributed by atoms with E-state index in [2.05, 4.69) is 10.0 Å². The van der Waals surface area contributed by atoms with E-state index in [0.717, 1.165) is 0 Å². The molecule has 2 rings (SSSR count). The maximum Gasteiger partial charge on any atom is 0.289 e. The van der Waals surface area contributed by atoms with Gasteiger partial charge >= 0.3 is 0 Å². The van der Waals surface area contributed by atoms with Gasteiger partial charge in [0.25, 0.3) is 5.69 Å². The molecule has 2 N–H and O–H groups in total. The predicted molar refractivity (Wildman–Crippen MR) is 78.8 cm³/mol. The first-order valence-corrected chi connectivity index (χ1v) is 8.13. The molecule has 116 valence electrons. The highest BCUT2D eigenvalue weighted by Crippen LogP contribution is 2.29. The molecule has 1 aliphatic rings. The molecule has 1 aromatic carbocycles. The lowest BCUT2D eigenvalue weighted by Crippen LogP contribution is -2.47. The van der Waals surface area contributed by atoms with Crippen LogP contribution in [0, 0.1) is 24.0 Å². The highest BCUT2D eigenvalue weighted by Gasteiger charge is 2.36. The fraction of sp³-hybridized carbons (Fsp3) is 0.538. The fourth-order valence-corrected chi connectivity index (χ4v) is 4.09. The predicted octanol–water partition coefficient (Wildman–Crippen LogP) is 1.24. The van der Waals surface area contributed by atoms with Gasteiger partial charge < -0.3 is 5.32 Å². The molecular formula is C13H19N3O4S. The summed E-state index contributed by atoms with van der Waals surface area (Å²) in [5.41, 5.74) is 0.385. The van der Waals surface area contributed by atoms with Crippen molar-refractivity contribution < 1.29 is 13.3 Å². The summed E-state index contributed by atoms with van der Waals surface area (Å²) in [6.07, 6.45) is 0.644. The molecule has 0 bridgehead atoms. The van der Waals surface area contributed by atoms with Crippen LogP contribution in [0.4, 0.5) is 5.69 Å². The smallest absolute Gasteiger partial charge is 0.289 e. The molecule has 0 spiro atoms. The van der Waals surface area contributed by atoms with Gasteiger partial charge in [-0.2, -0.15) is 0 Å². The fourth-order valence-electron chi connectivity index (χ4n) is 2.42. The maximum absolute atomic E-state index is 12.5. The summed E-state index contributed by atoms with van der Waals surface area (Å²) in [5.74, 6) is 0. The number of benzene rings is 1. The second kappa shape index (κ2) is 5.36. The molecule has 7 nitrogen and oxygen atoms in total. The topological polar surface area (TPSA) is 101 Å². The third-order valence-electron chi connectivity index (χ3n) is 3.81. The molecule has 1 aliphatic heterocycles. The van der Waals surface area contributed by atoms with Crippen LogP contribution >= 0.6 is 0 Å². The van der Waals surface area contributed by atoms with E-state index < -0.39 is 20.5 Å². The van der Waals surface area contributed by atoms with Gasteiger partial charge in [0.05, 0.1) is 4.92 Å². The van der Waals surface area contributed by atoms with Gasteiger partial charge in [-0.05, 0) is 50.9 Å².